The van der Waals surface area contributed by atoms with Gasteiger partial charge in [-0.2, -0.15) is 5.26 Å². The fourth-order valence-corrected chi connectivity index (χ4v) is 1.06. The predicted molar refractivity (Wildman–Crippen MR) is 41.2 cm³/mol. The van der Waals surface area contributed by atoms with E-state index in [-0.39, 0.29) is 6.61 Å². The largest absolute Gasteiger partial charge is 0.395 e. The summed E-state index contributed by atoms with van der Waals surface area (Å²) in [5.41, 5.74) is 0. The van der Waals surface area contributed by atoms with E-state index in [0.717, 1.165) is 0 Å². The summed E-state index contributed by atoms with van der Waals surface area (Å²) in [5.74, 6) is 0. The predicted octanol–water partition coefficient (Wildman–Crippen LogP) is 1.50. The summed E-state index contributed by atoms with van der Waals surface area (Å²) in [7, 11) is 0. The summed E-state index contributed by atoms with van der Waals surface area (Å²) >= 11 is 11.2. The molecule has 0 aliphatic carbocycles. The topological polar surface area (TPSA) is 44.0 Å². The van der Waals surface area contributed by atoms with E-state index in [1.54, 1.807) is 6.92 Å². The van der Waals surface area contributed by atoms with Crippen molar-refractivity contribution in [1.82, 2.24) is 0 Å². The number of aliphatic hydroxyl groups is 1. The van der Waals surface area contributed by atoms with E-state index in [4.69, 9.17) is 33.6 Å². The zero-order valence-corrected chi connectivity index (χ0v) is 7.15. The molecular weight excluding hydrogens is 173 g/mol. The second kappa shape index (κ2) is 4.02. The third kappa shape index (κ3) is 3.94. The van der Waals surface area contributed by atoms with Crippen molar-refractivity contribution in [2.45, 2.75) is 23.6 Å². The van der Waals surface area contributed by atoms with Gasteiger partial charge in [-0.05, 0) is 13.3 Å². The zero-order valence-electron chi connectivity index (χ0n) is 5.64. The van der Waals surface area contributed by atoms with Crippen LogP contribution in [0.4, 0.5) is 0 Å². The number of nitriles is 1. The van der Waals surface area contributed by atoms with Crippen molar-refractivity contribution in [3.63, 3.8) is 0 Å². The molecule has 4 heteroatoms. The minimum Gasteiger partial charge on any atom is -0.395 e. The van der Waals surface area contributed by atoms with Gasteiger partial charge < -0.3 is 5.11 Å². The van der Waals surface area contributed by atoms with Gasteiger partial charge in [-0.15, -0.1) is 23.2 Å². The van der Waals surface area contributed by atoms with Gasteiger partial charge in [0, 0.05) is 0 Å². The fraction of sp³-hybridized carbons (Fsp3) is 0.833. The Morgan fingerprint density at radius 1 is 1.80 bits per heavy atom. The molecule has 1 N–H and O–H groups in total. The molecule has 0 fully saturated rings. The van der Waals surface area contributed by atoms with Gasteiger partial charge in [-0.1, -0.05) is 0 Å². The van der Waals surface area contributed by atoms with Crippen LogP contribution < -0.4 is 0 Å². The smallest absolute Gasteiger partial charge is 0.122 e. The van der Waals surface area contributed by atoms with Crippen molar-refractivity contribution >= 4 is 23.2 Å². The normalized spacial score (nSPS) is 19.1. The summed E-state index contributed by atoms with van der Waals surface area (Å²) in [5, 5.41) is 16.3. The van der Waals surface area contributed by atoms with Gasteiger partial charge in [0.05, 0.1) is 17.6 Å². The Kier molecular flexibility index (Phi) is 4.04. The number of hydrogen-bond acceptors (Lipinski definition) is 2. The van der Waals surface area contributed by atoms with Crippen molar-refractivity contribution in [3.8, 4) is 6.07 Å². The summed E-state index contributed by atoms with van der Waals surface area (Å²) in [6.07, 6.45) is 0.295. The quantitative estimate of drug-likeness (QED) is 0.672. The molecule has 0 bridgehead atoms. The van der Waals surface area contributed by atoms with Crippen LogP contribution in [0.25, 0.3) is 0 Å². The summed E-state index contributed by atoms with van der Waals surface area (Å²) in [4.78, 5) is -0.762. The number of rotatable bonds is 3. The fourth-order valence-electron chi connectivity index (χ4n) is 0.484. The lowest BCUT2D eigenvalue weighted by molar-refractivity contribution is 0.247. The molecule has 0 rings (SSSR count). The molecule has 0 heterocycles. The van der Waals surface area contributed by atoms with Crippen LogP contribution in [0.1, 0.15) is 13.3 Å². The molecule has 58 valence electrons. The lowest BCUT2D eigenvalue weighted by Crippen LogP contribution is -2.25. The highest BCUT2D eigenvalue weighted by Gasteiger charge is 2.23. The maximum Gasteiger partial charge on any atom is 0.122 e. The first-order valence-electron chi connectivity index (χ1n) is 2.85. The average Bonchev–Trinajstić information content (AvgIpc) is 1.87. The van der Waals surface area contributed by atoms with Crippen molar-refractivity contribution in [2.75, 3.05) is 6.61 Å². The van der Waals surface area contributed by atoms with Crippen molar-refractivity contribution in [2.24, 2.45) is 0 Å². The molecule has 0 aromatic carbocycles. The van der Waals surface area contributed by atoms with Crippen LogP contribution in [0.15, 0.2) is 0 Å². The maximum absolute atomic E-state index is 8.64. The number of aliphatic hydroxyl groups excluding tert-OH is 1. The zero-order chi connectivity index (χ0) is 8.20. The molecule has 2 unspecified atom stereocenters. The van der Waals surface area contributed by atoms with Gasteiger partial charge in [0.25, 0.3) is 0 Å². The number of alkyl halides is 2. The molecule has 0 spiro atoms. The molecule has 0 saturated heterocycles. The lowest BCUT2D eigenvalue weighted by atomic mass is 10.1. The van der Waals surface area contributed by atoms with Crippen molar-refractivity contribution in [1.29, 1.82) is 5.26 Å². The number of halogens is 2. The Balaban J connectivity index is 3.79. The number of hydrogen-bond donors (Lipinski definition) is 1. The average molecular weight is 182 g/mol. The summed E-state index contributed by atoms with van der Waals surface area (Å²) in [6, 6.07) is 1.83. The second-order valence-corrected chi connectivity index (χ2v) is 3.81. The Bertz CT molecular complexity index is 141. The van der Waals surface area contributed by atoms with Gasteiger partial charge in [-0.25, -0.2) is 0 Å². The van der Waals surface area contributed by atoms with Crippen molar-refractivity contribution < 1.29 is 5.11 Å². The molecule has 0 aliphatic rings. The van der Waals surface area contributed by atoms with Crippen LogP contribution in [0.3, 0.4) is 0 Å². The van der Waals surface area contributed by atoms with Gasteiger partial charge in [0.2, 0.25) is 0 Å². The first kappa shape index (κ1) is 10.0. The van der Waals surface area contributed by atoms with Gasteiger partial charge in [0.15, 0.2) is 0 Å². The molecule has 0 saturated carbocycles. The third-order valence-electron chi connectivity index (χ3n) is 1.07. The summed E-state index contributed by atoms with van der Waals surface area (Å²) < 4.78 is 0. The van der Waals surface area contributed by atoms with E-state index in [2.05, 4.69) is 0 Å². The van der Waals surface area contributed by atoms with Crippen molar-refractivity contribution in [3.05, 3.63) is 0 Å². The van der Waals surface area contributed by atoms with Crippen LogP contribution in [0, 0.1) is 11.3 Å². The monoisotopic (exact) mass is 181 g/mol. The molecule has 0 amide bonds. The van der Waals surface area contributed by atoms with Gasteiger partial charge in [-0.3, -0.25) is 0 Å². The van der Waals surface area contributed by atoms with Crippen LogP contribution in [-0.2, 0) is 0 Å². The Morgan fingerprint density at radius 3 is 2.60 bits per heavy atom. The highest BCUT2D eigenvalue weighted by atomic mass is 35.5. The third-order valence-corrected chi connectivity index (χ3v) is 1.60. The number of nitrogens with zero attached hydrogens (tertiary/aromatic N) is 1. The van der Waals surface area contributed by atoms with Crippen LogP contribution in [0.5, 0.6) is 0 Å². The van der Waals surface area contributed by atoms with E-state index in [9.17, 15) is 0 Å². The standard InChI is InChI=1S/C6H9Cl2NO/c1-6(8,4-10)2-5(7)3-9/h5,10H,2,4H2,1H3. The minimum atomic E-state index is -0.762. The van der Waals surface area contributed by atoms with Crippen LogP contribution in [0.2, 0.25) is 0 Å². The minimum absolute atomic E-state index is 0.167. The molecule has 2 atom stereocenters. The van der Waals surface area contributed by atoms with E-state index >= 15 is 0 Å². The molecular formula is C6H9Cl2NO. The second-order valence-electron chi connectivity index (χ2n) is 2.37. The first-order chi connectivity index (χ1) is 4.52. The highest BCUT2D eigenvalue weighted by Crippen LogP contribution is 2.22. The van der Waals surface area contributed by atoms with E-state index in [0.29, 0.717) is 6.42 Å². The SMILES string of the molecule is CC(Cl)(CO)CC(Cl)C#N. The van der Waals surface area contributed by atoms with E-state index in [1.807, 2.05) is 6.07 Å². The molecule has 0 aromatic heterocycles. The van der Waals surface area contributed by atoms with Crippen LogP contribution in [-0.4, -0.2) is 22.0 Å². The molecule has 10 heavy (non-hydrogen) atoms. The Morgan fingerprint density at radius 2 is 2.30 bits per heavy atom. The van der Waals surface area contributed by atoms with E-state index in [1.165, 1.54) is 0 Å². The molecule has 0 aliphatic heterocycles. The maximum atomic E-state index is 8.64. The molecule has 0 radical (unpaired) electrons. The lowest BCUT2D eigenvalue weighted by Gasteiger charge is -2.18. The summed E-state index contributed by atoms with van der Waals surface area (Å²) in [6.45, 7) is 1.47. The van der Waals surface area contributed by atoms with Gasteiger partial charge in [0.1, 0.15) is 5.38 Å². The Hall–Kier alpha value is 0.0300. The van der Waals surface area contributed by atoms with E-state index < -0.39 is 10.3 Å². The highest BCUT2D eigenvalue weighted by molar-refractivity contribution is 6.26. The molecule has 2 nitrogen and oxygen atoms in total. The van der Waals surface area contributed by atoms with Crippen LogP contribution >= 0.6 is 23.2 Å². The van der Waals surface area contributed by atoms with Gasteiger partial charge >= 0.3 is 0 Å². The first-order valence-corrected chi connectivity index (χ1v) is 3.67. The molecule has 0 aromatic rings. The Labute approximate surface area is 70.4 Å².